The lowest BCUT2D eigenvalue weighted by Crippen LogP contribution is -3.14. The number of carbonyl (C=O) groups is 2. The van der Waals surface area contributed by atoms with E-state index in [4.69, 9.17) is 0 Å². The highest BCUT2D eigenvalue weighted by Crippen LogP contribution is 2.65. The molecule has 2 N–H and O–H groups in total. The summed E-state index contributed by atoms with van der Waals surface area (Å²) in [4.78, 5) is 27.4. The summed E-state index contributed by atoms with van der Waals surface area (Å²) in [5.41, 5.74) is -2.44. The first-order valence-electron chi connectivity index (χ1n) is 17.9. The topological polar surface area (TPSA) is 157 Å². The van der Waals surface area contributed by atoms with Crippen molar-refractivity contribution in [2.24, 2.45) is 45.3 Å². The second kappa shape index (κ2) is 13.1. The summed E-state index contributed by atoms with van der Waals surface area (Å²) < 4.78 is 65.4. The Bertz CT molecular complexity index is 1210. The van der Waals surface area contributed by atoms with Crippen LogP contribution in [0.25, 0.3) is 0 Å². The van der Waals surface area contributed by atoms with Gasteiger partial charge >= 0.3 is 0 Å². The third-order valence-corrected chi connectivity index (χ3v) is 16.3. The highest BCUT2D eigenvalue weighted by atomic mass is 32.2. The smallest absolute Gasteiger partial charge is 0.140 e. The van der Waals surface area contributed by atoms with Crippen molar-refractivity contribution < 1.29 is 45.3 Å². The van der Waals surface area contributed by atoms with Gasteiger partial charge in [0.1, 0.15) is 11.6 Å². The fourth-order valence-corrected chi connectivity index (χ4v) is 13.4. The Morgan fingerprint density at radius 2 is 0.848 bits per heavy atom. The van der Waals surface area contributed by atoms with Crippen LogP contribution >= 0.6 is 0 Å². The van der Waals surface area contributed by atoms with E-state index in [-0.39, 0.29) is 34.2 Å². The van der Waals surface area contributed by atoms with Crippen LogP contribution in [0.2, 0.25) is 0 Å². The van der Waals surface area contributed by atoms with Crippen LogP contribution in [0, 0.1) is 45.3 Å². The second-order valence-corrected chi connectivity index (χ2v) is 20.0. The molecule has 0 aromatic rings. The number of ketones is 2. The number of carbonyl (C=O) groups excluding carboxylic acids is 2. The van der Waals surface area contributed by atoms with E-state index >= 15 is 0 Å². The van der Waals surface area contributed by atoms with Crippen molar-refractivity contribution in [3.05, 3.63) is 0 Å². The molecule has 10 aliphatic rings. The lowest BCUT2D eigenvalue weighted by Gasteiger charge is -2.37. The molecule has 6 aliphatic heterocycles. The molecule has 0 aromatic carbocycles. The molecule has 6 heterocycles. The lowest BCUT2D eigenvalue weighted by molar-refractivity contribution is -0.916. The van der Waals surface area contributed by atoms with E-state index in [0.29, 0.717) is 25.7 Å². The third-order valence-electron chi connectivity index (χ3n) is 14.6. The van der Waals surface area contributed by atoms with Crippen molar-refractivity contribution in [2.45, 2.75) is 105 Å². The van der Waals surface area contributed by atoms with Crippen molar-refractivity contribution in [3.8, 4) is 0 Å². The minimum absolute atomic E-state index is 0.0248. The van der Waals surface area contributed by atoms with Crippen molar-refractivity contribution in [2.75, 3.05) is 50.8 Å². The number of Topliss-reactive ketones (excluding diaryl/α,β-unsaturated/α-hetero) is 2. The van der Waals surface area contributed by atoms with Gasteiger partial charge in [-0.1, -0.05) is 27.7 Å². The van der Waals surface area contributed by atoms with Gasteiger partial charge in [-0.2, -0.15) is 0 Å². The highest BCUT2D eigenvalue weighted by Gasteiger charge is 2.65. The molecule has 0 aromatic heterocycles. The second-order valence-electron chi connectivity index (χ2n) is 17.2. The van der Waals surface area contributed by atoms with E-state index < -0.39 is 42.6 Å². The van der Waals surface area contributed by atoms with Gasteiger partial charge in [0.25, 0.3) is 0 Å². The van der Waals surface area contributed by atoms with Gasteiger partial charge in [0.05, 0.1) is 71.0 Å². The van der Waals surface area contributed by atoms with Crippen molar-refractivity contribution >= 4 is 31.8 Å². The van der Waals surface area contributed by atoms with E-state index in [9.17, 15) is 35.5 Å². The zero-order valence-corrected chi connectivity index (χ0v) is 30.2. The molecule has 10 rings (SSSR count). The molecule has 46 heavy (non-hydrogen) atoms. The highest BCUT2D eigenvalue weighted by molar-refractivity contribution is 7.86. The maximum atomic E-state index is 11.8. The zero-order chi connectivity index (χ0) is 33.8. The zero-order valence-electron chi connectivity index (χ0n) is 28.5. The van der Waals surface area contributed by atoms with Gasteiger partial charge in [-0.25, -0.2) is 16.8 Å². The van der Waals surface area contributed by atoms with Crippen LogP contribution in [0.4, 0.5) is 0 Å². The molecule has 6 saturated heterocycles. The molecule has 4 saturated carbocycles. The van der Waals surface area contributed by atoms with Gasteiger partial charge in [0, 0.05) is 23.7 Å². The first kappa shape index (κ1) is 36.4. The van der Waals surface area contributed by atoms with Crippen LogP contribution in [-0.4, -0.2) is 88.3 Å². The van der Waals surface area contributed by atoms with Gasteiger partial charge in [-0.05, 0) is 98.7 Å². The number of quaternary nitrogens is 2. The van der Waals surface area contributed by atoms with Gasteiger partial charge in [0.15, 0.2) is 0 Å². The summed E-state index contributed by atoms with van der Waals surface area (Å²) in [5, 5.41) is 0. The predicted molar refractivity (Wildman–Crippen MR) is 172 cm³/mol. The molecule has 0 radical (unpaired) electrons. The fraction of sp³-hybridized carbons (Fsp3) is 0.941. The summed E-state index contributed by atoms with van der Waals surface area (Å²) in [6, 6.07) is 0. The standard InChI is InChI=1S/2C10H16O4S.2C7H13N/c2*1-9(2)7-3-4-10(9,8(11)5-7)6-15(12,13)14;2*1-4-8-5-2-7(1)3-6-8/h2*7H,3-6H2,1-2H3,(H,12,13,14);2*7H,1-6H2/t2*7-,10-;;/m11../s1. The summed E-state index contributed by atoms with van der Waals surface area (Å²) in [6.07, 6.45) is 12.9. The first-order chi connectivity index (χ1) is 21.3. The summed E-state index contributed by atoms with van der Waals surface area (Å²) in [6.45, 7) is 16.5. The van der Waals surface area contributed by atoms with Crippen LogP contribution in [0.5, 0.6) is 0 Å². The molecule has 8 bridgehead atoms. The lowest BCUT2D eigenvalue weighted by atomic mass is 9.70. The van der Waals surface area contributed by atoms with Crippen LogP contribution in [0.3, 0.4) is 0 Å². The fourth-order valence-electron chi connectivity index (χ4n) is 10.9. The minimum atomic E-state index is -4.33. The number of nitrogens with one attached hydrogen (secondary N) is 2. The Morgan fingerprint density at radius 1 is 0.565 bits per heavy atom. The average Bonchev–Trinajstić information content (AvgIpc) is 3.52. The first-order valence-corrected chi connectivity index (χ1v) is 21.0. The molecule has 0 spiro atoms. The molecule has 10 fully saturated rings. The van der Waals surface area contributed by atoms with E-state index in [1.54, 1.807) is 0 Å². The maximum absolute atomic E-state index is 11.8. The SMILES string of the molecule is C1C[NH+]2CCC1CC2.C1C[NH+]2CCC1CC2.CC1(C)[C@@H]2CC[C@@]1(CS(=O)(=O)[O-])C(=O)C2.CC1(C)[C@@H]2CC[C@@]1(CS(=O)(=O)[O-])C(=O)C2. The molecule has 4 atom stereocenters. The maximum Gasteiger partial charge on any atom is 0.140 e. The Hall–Kier alpha value is -0.920. The Balaban J connectivity index is 0.000000125. The van der Waals surface area contributed by atoms with Gasteiger partial charge in [-0.3, -0.25) is 9.59 Å². The Kier molecular flexibility index (Phi) is 10.3. The monoisotopic (exact) mass is 686 g/mol. The van der Waals surface area contributed by atoms with Gasteiger partial charge in [0.2, 0.25) is 0 Å². The van der Waals surface area contributed by atoms with Crippen LogP contribution in [0.1, 0.15) is 105 Å². The van der Waals surface area contributed by atoms with Crippen LogP contribution in [0.15, 0.2) is 0 Å². The average molecular weight is 687 g/mol. The molecule has 0 amide bonds. The molecular formula is C34H58N2O8S2. The van der Waals surface area contributed by atoms with Crippen LogP contribution < -0.4 is 9.80 Å². The number of hydrogen-bond acceptors (Lipinski definition) is 8. The van der Waals surface area contributed by atoms with Gasteiger partial charge < -0.3 is 18.9 Å². The van der Waals surface area contributed by atoms with Crippen molar-refractivity contribution in [3.63, 3.8) is 0 Å². The van der Waals surface area contributed by atoms with Gasteiger partial charge in [-0.15, -0.1) is 0 Å². The molecule has 264 valence electrons. The Morgan fingerprint density at radius 3 is 0.978 bits per heavy atom. The normalized spacial score (nSPS) is 40.8. The van der Waals surface area contributed by atoms with E-state index in [2.05, 4.69) is 0 Å². The Labute approximate surface area is 277 Å². The van der Waals surface area contributed by atoms with Crippen LogP contribution in [-0.2, 0) is 29.8 Å². The number of rotatable bonds is 4. The summed E-state index contributed by atoms with van der Waals surface area (Å²) in [7, 11) is -8.65. The van der Waals surface area contributed by atoms with Crippen molar-refractivity contribution in [1.82, 2.24) is 0 Å². The van der Waals surface area contributed by atoms with E-state index in [1.807, 2.05) is 37.5 Å². The predicted octanol–water partition coefficient (Wildman–Crippen LogP) is 1.22. The molecule has 0 unspecified atom stereocenters. The molecule has 12 heteroatoms. The number of fused-ring (bicyclic) bond motifs is 10. The number of hydrogen-bond donors (Lipinski definition) is 2. The molecular weight excluding hydrogens is 629 g/mol. The van der Waals surface area contributed by atoms with E-state index in [1.165, 1.54) is 77.8 Å². The van der Waals surface area contributed by atoms with Crippen molar-refractivity contribution in [1.29, 1.82) is 0 Å². The largest absolute Gasteiger partial charge is 0.748 e. The molecule has 4 aliphatic carbocycles. The quantitative estimate of drug-likeness (QED) is 0.418. The number of piperidine rings is 6. The third kappa shape index (κ3) is 7.18. The summed E-state index contributed by atoms with van der Waals surface area (Å²) >= 11 is 0. The summed E-state index contributed by atoms with van der Waals surface area (Å²) in [5.74, 6) is 1.70. The van der Waals surface area contributed by atoms with E-state index in [0.717, 1.165) is 24.7 Å². The molecule has 10 nitrogen and oxygen atoms in total. The minimum Gasteiger partial charge on any atom is -0.748 e.